The summed E-state index contributed by atoms with van der Waals surface area (Å²) in [5, 5.41) is 0.787. The van der Waals surface area contributed by atoms with Crippen molar-refractivity contribution in [2.75, 3.05) is 0 Å². The Bertz CT molecular complexity index is 488. The van der Waals surface area contributed by atoms with Crippen LogP contribution in [0.15, 0.2) is 24.3 Å². The number of hydrogen-bond acceptors (Lipinski definition) is 3. The summed E-state index contributed by atoms with van der Waals surface area (Å²) in [5.41, 5.74) is -0.0689. The van der Waals surface area contributed by atoms with Gasteiger partial charge in [-0.05, 0) is 30.6 Å². The van der Waals surface area contributed by atoms with Crippen molar-refractivity contribution >= 4 is 11.5 Å². The van der Waals surface area contributed by atoms with E-state index >= 15 is 0 Å². The quantitative estimate of drug-likeness (QED) is 0.766. The molecule has 0 saturated heterocycles. The van der Waals surface area contributed by atoms with Crippen LogP contribution < -0.4 is 0 Å². The number of benzene rings is 1. The van der Waals surface area contributed by atoms with Gasteiger partial charge >= 0.3 is 6.18 Å². The molecule has 0 unspecified atom stereocenters. The van der Waals surface area contributed by atoms with E-state index in [0.29, 0.717) is 11.4 Å². The van der Waals surface area contributed by atoms with E-state index in [9.17, 15) is 13.2 Å². The molecule has 6 heteroatoms. The first-order valence-electron chi connectivity index (χ1n) is 4.45. The van der Waals surface area contributed by atoms with E-state index in [1.165, 1.54) is 23.7 Å². The maximum Gasteiger partial charge on any atom is 0.416 e. The number of hydrogen-bond donors (Lipinski definition) is 0. The van der Waals surface area contributed by atoms with Crippen molar-refractivity contribution in [3.05, 3.63) is 34.8 Å². The fourth-order valence-corrected chi connectivity index (χ4v) is 1.72. The molecule has 84 valence electrons. The highest BCUT2D eigenvalue weighted by Gasteiger charge is 2.30. The van der Waals surface area contributed by atoms with Gasteiger partial charge in [-0.1, -0.05) is 12.1 Å². The molecular formula is C10H7F3N2S. The van der Waals surface area contributed by atoms with Crippen LogP contribution in [0.4, 0.5) is 13.2 Å². The van der Waals surface area contributed by atoms with Gasteiger partial charge in [0.1, 0.15) is 5.01 Å². The summed E-state index contributed by atoms with van der Waals surface area (Å²) in [6.45, 7) is 1.80. The van der Waals surface area contributed by atoms with Crippen LogP contribution >= 0.6 is 11.5 Å². The van der Waals surface area contributed by atoms with Crippen LogP contribution in [-0.4, -0.2) is 9.36 Å². The largest absolute Gasteiger partial charge is 0.416 e. The minimum Gasteiger partial charge on any atom is -0.220 e. The maximum atomic E-state index is 12.3. The molecule has 2 aromatic rings. The molecule has 0 spiro atoms. The highest BCUT2D eigenvalue weighted by Crippen LogP contribution is 2.30. The van der Waals surface area contributed by atoms with Crippen molar-refractivity contribution in [2.45, 2.75) is 13.1 Å². The van der Waals surface area contributed by atoms with Crippen LogP contribution in [0.5, 0.6) is 0 Å². The molecule has 1 aromatic heterocycles. The highest BCUT2D eigenvalue weighted by molar-refractivity contribution is 7.05. The lowest BCUT2D eigenvalue weighted by atomic mass is 10.1. The third kappa shape index (κ3) is 2.21. The Morgan fingerprint density at radius 3 is 2.19 bits per heavy atom. The molecule has 2 nitrogen and oxygen atoms in total. The average molecular weight is 244 g/mol. The van der Waals surface area contributed by atoms with Crippen LogP contribution in [0, 0.1) is 6.92 Å². The van der Waals surface area contributed by atoms with Gasteiger partial charge in [-0.15, -0.1) is 0 Å². The van der Waals surface area contributed by atoms with Gasteiger partial charge in [0.25, 0.3) is 0 Å². The Morgan fingerprint density at radius 1 is 1.12 bits per heavy atom. The topological polar surface area (TPSA) is 25.8 Å². The molecule has 0 atom stereocenters. The van der Waals surface area contributed by atoms with Crippen molar-refractivity contribution in [3.8, 4) is 11.4 Å². The second-order valence-electron chi connectivity index (χ2n) is 3.21. The molecule has 2 rings (SSSR count). The van der Waals surface area contributed by atoms with Crippen molar-refractivity contribution in [2.24, 2.45) is 0 Å². The minimum absolute atomic E-state index is 0.469. The summed E-state index contributed by atoms with van der Waals surface area (Å²) in [6, 6.07) is 4.83. The van der Waals surface area contributed by atoms with Crippen LogP contribution in [0.2, 0.25) is 0 Å². The zero-order chi connectivity index (χ0) is 11.8. The van der Waals surface area contributed by atoms with Crippen molar-refractivity contribution in [1.29, 1.82) is 0 Å². The van der Waals surface area contributed by atoms with E-state index in [4.69, 9.17) is 0 Å². The number of aromatic nitrogens is 2. The van der Waals surface area contributed by atoms with E-state index < -0.39 is 11.7 Å². The number of halogens is 3. The van der Waals surface area contributed by atoms with E-state index in [-0.39, 0.29) is 0 Å². The van der Waals surface area contributed by atoms with Gasteiger partial charge in [-0.3, -0.25) is 0 Å². The monoisotopic (exact) mass is 244 g/mol. The van der Waals surface area contributed by atoms with E-state index in [2.05, 4.69) is 9.36 Å². The van der Waals surface area contributed by atoms with Gasteiger partial charge in [0.05, 0.1) is 5.56 Å². The molecule has 0 saturated carbocycles. The van der Waals surface area contributed by atoms with Crippen molar-refractivity contribution in [1.82, 2.24) is 9.36 Å². The van der Waals surface area contributed by atoms with Gasteiger partial charge < -0.3 is 0 Å². The SMILES string of the molecule is Cc1nc(-c2ccc(C(F)(F)F)cc2)ns1. The third-order valence-electron chi connectivity index (χ3n) is 2.00. The zero-order valence-electron chi connectivity index (χ0n) is 8.25. The molecule has 0 fully saturated rings. The predicted octanol–water partition coefficient (Wildman–Crippen LogP) is 3.53. The maximum absolute atomic E-state index is 12.3. The lowest BCUT2D eigenvalue weighted by Crippen LogP contribution is -2.04. The van der Waals surface area contributed by atoms with Crippen molar-refractivity contribution < 1.29 is 13.2 Å². The number of aryl methyl sites for hydroxylation is 1. The Hall–Kier alpha value is -1.43. The Kier molecular flexibility index (Phi) is 2.67. The fraction of sp³-hybridized carbons (Fsp3) is 0.200. The summed E-state index contributed by atoms with van der Waals surface area (Å²) < 4.78 is 40.9. The van der Waals surface area contributed by atoms with Crippen molar-refractivity contribution in [3.63, 3.8) is 0 Å². The number of nitrogens with zero attached hydrogens (tertiary/aromatic N) is 2. The number of rotatable bonds is 1. The molecule has 0 aliphatic carbocycles. The van der Waals surface area contributed by atoms with E-state index in [1.54, 1.807) is 6.92 Å². The number of alkyl halides is 3. The third-order valence-corrected chi connectivity index (χ3v) is 2.62. The molecule has 0 amide bonds. The summed E-state index contributed by atoms with van der Waals surface area (Å²) in [5.74, 6) is 0.469. The molecule has 0 N–H and O–H groups in total. The van der Waals surface area contributed by atoms with Gasteiger partial charge in [-0.2, -0.15) is 17.5 Å². The van der Waals surface area contributed by atoms with E-state index in [0.717, 1.165) is 17.1 Å². The molecular weight excluding hydrogens is 237 g/mol. The van der Waals surface area contributed by atoms with Gasteiger partial charge in [-0.25, -0.2) is 4.98 Å². The summed E-state index contributed by atoms with van der Waals surface area (Å²) in [7, 11) is 0. The van der Waals surface area contributed by atoms with Crippen LogP contribution in [0.1, 0.15) is 10.6 Å². The summed E-state index contributed by atoms with van der Waals surface area (Å²) in [6.07, 6.45) is -4.30. The van der Waals surface area contributed by atoms with Crippen LogP contribution in [-0.2, 0) is 6.18 Å². The standard InChI is InChI=1S/C10H7F3N2S/c1-6-14-9(15-16-6)7-2-4-8(5-3-7)10(11,12)13/h2-5H,1H3. The molecule has 0 radical (unpaired) electrons. The lowest BCUT2D eigenvalue weighted by molar-refractivity contribution is -0.137. The Labute approximate surface area is 93.9 Å². The smallest absolute Gasteiger partial charge is 0.220 e. The molecule has 0 aliphatic heterocycles. The lowest BCUT2D eigenvalue weighted by Gasteiger charge is -2.05. The molecule has 0 aliphatic rings. The minimum atomic E-state index is -4.30. The van der Waals surface area contributed by atoms with Crippen LogP contribution in [0.3, 0.4) is 0 Å². The Morgan fingerprint density at radius 2 is 1.75 bits per heavy atom. The molecule has 16 heavy (non-hydrogen) atoms. The Balaban J connectivity index is 2.33. The summed E-state index contributed by atoms with van der Waals surface area (Å²) >= 11 is 1.23. The van der Waals surface area contributed by atoms with Crippen LogP contribution in [0.25, 0.3) is 11.4 Å². The van der Waals surface area contributed by atoms with Gasteiger partial charge in [0.15, 0.2) is 5.82 Å². The van der Waals surface area contributed by atoms with Gasteiger partial charge in [0, 0.05) is 5.56 Å². The second-order valence-corrected chi connectivity index (χ2v) is 4.17. The molecule has 1 heterocycles. The van der Waals surface area contributed by atoms with Gasteiger partial charge in [0.2, 0.25) is 0 Å². The molecule has 0 bridgehead atoms. The highest BCUT2D eigenvalue weighted by atomic mass is 32.1. The summed E-state index contributed by atoms with van der Waals surface area (Å²) in [4.78, 5) is 4.10. The first kappa shape index (κ1) is 11.1. The average Bonchev–Trinajstić information content (AvgIpc) is 2.64. The fourth-order valence-electron chi connectivity index (χ4n) is 1.22. The predicted molar refractivity (Wildman–Crippen MR) is 55.1 cm³/mol. The second kappa shape index (κ2) is 3.86. The molecule has 1 aromatic carbocycles. The first-order chi connectivity index (χ1) is 7.47. The normalized spacial score (nSPS) is 11.8. The van der Waals surface area contributed by atoms with E-state index in [1.807, 2.05) is 0 Å². The first-order valence-corrected chi connectivity index (χ1v) is 5.22. The zero-order valence-corrected chi connectivity index (χ0v) is 9.06.